The minimum atomic E-state index is 0.344. The number of hydrogen-bond acceptors (Lipinski definition) is 2. The fraction of sp³-hybridized carbons (Fsp3) is 0.214. The molecule has 0 radical (unpaired) electrons. The molecule has 3 rings (SSSR count). The molecular formula is C14H15N2O+. The van der Waals surface area contributed by atoms with Gasteiger partial charge in [-0.25, -0.2) is 0 Å². The van der Waals surface area contributed by atoms with Gasteiger partial charge in [-0.1, -0.05) is 30.3 Å². The Morgan fingerprint density at radius 1 is 1.24 bits per heavy atom. The lowest BCUT2D eigenvalue weighted by Gasteiger charge is -2.09. The monoisotopic (exact) mass is 227 g/mol. The Labute approximate surface area is 100 Å². The third kappa shape index (κ3) is 1.73. The van der Waals surface area contributed by atoms with Crippen LogP contribution in [0.1, 0.15) is 13.8 Å². The molecule has 3 heteroatoms. The summed E-state index contributed by atoms with van der Waals surface area (Å²) in [5.41, 5.74) is 2.21. The van der Waals surface area contributed by atoms with E-state index < -0.39 is 0 Å². The summed E-state index contributed by atoms with van der Waals surface area (Å²) >= 11 is 0. The highest BCUT2D eigenvalue weighted by Gasteiger charge is 2.25. The quantitative estimate of drug-likeness (QED) is 0.759. The van der Waals surface area contributed by atoms with Gasteiger partial charge in [-0.2, -0.15) is 0 Å². The first kappa shape index (κ1) is 10.1. The van der Waals surface area contributed by atoms with Crippen LogP contribution in [0.3, 0.4) is 0 Å². The standard InChI is InChI=1S/C14H14N2O/c1-10-8-11(2)16-14(15-10)9-13(17-16)12-6-4-3-5-7-12/h3-10H,1-2H3/p+1. The highest BCUT2D eigenvalue weighted by Crippen LogP contribution is 2.24. The molecule has 1 unspecified atom stereocenters. The maximum atomic E-state index is 5.84. The van der Waals surface area contributed by atoms with Crippen molar-refractivity contribution in [2.45, 2.75) is 19.9 Å². The second-order valence-electron chi connectivity index (χ2n) is 4.39. The first-order valence-corrected chi connectivity index (χ1v) is 5.81. The molecule has 86 valence electrons. The molecule has 0 spiro atoms. The topological polar surface area (TPSA) is 29.1 Å². The number of nitrogens with one attached hydrogen (secondary N) is 1. The normalized spacial score (nSPS) is 18.2. The van der Waals surface area contributed by atoms with E-state index in [9.17, 15) is 0 Å². The van der Waals surface area contributed by atoms with Crippen molar-refractivity contribution in [3.05, 3.63) is 42.5 Å². The molecule has 0 amide bonds. The summed E-state index contributed by atoms with van der Waals surface area (Å²) in [6.45, 7) is 4.18. The summed E-state index contributed by atoms with van der Waals surface area (Å²) < 4.78 is 7.67. The van der Waals surface area contributed by atoms with Crippen LogP contribution in [0, 0.1) is 0 Å². The SMILES string of the molecule is CC1=CC(C)Nc2cc(-c3ccccc3)o[n+]21. The van der Waals surface area contributed by atoms with Gasteiger partial charge in [0, 0.05) is 18.6 Å². The summed E-state index contributed by atoms with van der Waals surface area (Å²) in [5, 5.41) is 3.37. The Bertz CT molecular complexity index is 569. The van der Waals surface area contributed by atoms with Crippen LogP contribution in [0.2, 0.25) is 0 Å². The molecule has 0 bridgehead atoms. The van der Waals surface area contributed by atoms with E-state index in [1.54, 1.807) is 0 Å². The van der Waals surface area contributed by atoms with Crippen molar-refractivity contribution in [3.8, 4) is 11.3 Å². The molecule has 1 aromatic heterocycles. The predicted octanol–water partition coefficient (Wildman–Crippen LogP) is 2.91. The van der Waals surface area contributed by atoms with Gasteiger partial charge in [-0.15, -0.1) is 0 Å². The van der Waals surface area contributed by atoms with Crippen LogP contribution in [0.4, 0.5) is 5.82 Å². The van der Waals surface area contributed by atoms with Crippen LogP contribution in [-0.2, 0) is 0 Å². The van der Waals surface area contributed by atoms with E-state index in [-0.39, 0.29) is 0 Å². The number of benzene rings is 1. The van der Waals surface area contributed by atoms with E-state index >= 15 is 0 Å². The zero-order valence-electron chi connectivity index (χ0n) is 9.97. The number of anilines is 1. The molecule has 0 fully saturated rings. The number of nitrogens with zero attached hydrogens (tertiary/aromatic N) is 1. The molecule has 1 aromatic carbocycles. The number of allylic oxidation sites excluding steroid dienone is 1. The molecule has 1 N–H and O–H groups in total. The third-order valence-corrected chi connectivity index (χ3v) is 2.92. The fourth-order valence-electron chi connectivity index (χ4n) is 2.16. The average molecular weight is 227 g/mol. The molecule has 2 aromatic rings. The van der Waals surface area contributed by atoms with Crippen LogP contribution in [0.25, 0.3) is 17.0 Å². The lowest BCUT2D eigenvalue weighted by molar-refractivity contribution is -0.760. The Balaban J connectivity index is 2.07. The molecule has 3 nitrogen and oxygen atoms in total. The molecule has 1 atom stereocenters. The number of rotatable bonds is 1. The Kier molecular flexibility index (Phi) is 2.25. The van der Waals surface area contributed by atoms with Crippen molar-refractivity contribution in [1.82, 2.24) is 0 Å². The Morgan fingerprint density at radius 3 is 2.76 bits per heavy atom. The molecule has 2 heterocycles. The smallest absolute Gasteiger partial charge is 0.295 e. The van der Waals surface area contributed by atoms with Crippen LogP contribution in [0.5, 0.6) is 0 Å². The van der Waals surface area contributed by atoms with Crippen LogP contribution in [-0.4, -0.2) is 6.04 Å². The van der Waals surface area contributed by atoms with Gasteiger partial charge in [-0.05, 0) is 11.7 Å². The second-order valence-corrected chi connectivity index (χ2v) is 4.39. The first-order valence-electron chi connectivity index (χ1n) is 5.81. The summed E-state index contributed by atoms with van der Waals surface area (Å²) in [6.07, 6.45) is 2.14. The van der Waals surface area contributed by atoms with Crippen molar-refractivity contribution in [1.29, 1.82) is 0 Å². The van der Waals surface area contributed by atoms with E-state index in [4.69, 9.17) is 4.52 Å². The largest absolute Gasteiger partial charge is 0.319 e. The van der Waals surface area contributed by atoms with Gasteiger partial charge >= 0.3 is 5.82 Å². The van der Waals surface area contributed by atoms with Crippen molar-refractivity contribution >= 4 is 11.5 Å². The maximum absolute atomic E-state index is 5.84. The van der Waals surface area contributed by atoms with E-state index in [0.29, 0.717) is 6.04 Å². The Hall–Kier alpha value is -2.03. The number of fused-ring (bicyclic) bond motifs is 1. The van der Waals surface area contributed by atoms with Crippen molar-refractivity contribution < 1.29 is 9.26 Å². The van der Waals surface area contributed by atoms with Gasteiger partial charge in [0.2, 0.25) is 0 Å². The molecule has 0 saturated heterocycles. The van der Waals surface area contributed by atoms with Gasteiger partial charge in [0.15, 0.2) is 5.76 Å². The molecule has 0 aliphatic carbocycles. The highest BCUT2D eigenvalue weighted by molar-refractivity contribution is 5.60. The zero-order valence-corrected chi connectivity index (χ0v) is 9.97. The van der Waals surface area contributed by atoms with Crippen molar-refractivity contribution in [2.75, 3.05) is 5.32 Å². The van der Waals surface area contributed by atoms with Crippen LogP contribution >= 0.6 is 0 Å². The van der Waals surface area contributed by atoms with Crippen molar-refractivity contribution in [3.63, 3.8) is 0 Å². The van der Waals surface area contributed by atoms with Gasteiger partial charge in [0.05, 0.1) is 6.07 Å². The van der Waals surface area contributed by atoms with Crippen LogP contribution < -0.4 is 10.1 Å². The first-order chi connectivity index (χ1) is 8.24. The summed E-state index contributed by atoms with van der Waals surface area (Å²) in [6, 6.07) is 12.5. The highest BCUT2D eigenvalue weighted by atomic mass is 16.5. The van der Waals surface area contributed by atoms with Gasteiger partial charge in [0.25, 0.3) is 0 Å². The third-order valence-electron chi connectivity index (χ3n) is 2.92. The minimum Gasteiger partial charge on any atom is -0.295 e. The molecule has 17 heavy (non-hydrogen) atoms. The number of aromatic nitrogens is 1. The lowest BCUT2D eigenvalue weighted by atomic mass is 10.2. The minimum absolute atomic E-state index is 0.344. The molecular weight excluding hydrogens is 212 g/mol. The van der Waals surface area contributed by atoms with Gasteiger partial charge in [-0.3, -0.25) is 9.84 Å². The summed E-state index contributed by atoms with van der Waals surface area (Å²) in [7, 11) is 0. The Morgan fingerprint density at radius 2 is 2.00 bits per heavy atom. The van der Waals surface area contributed by atoms with Gasteiger partial charge < -0.3 is 0 Å². The van der Waals surface area contributed by atoms with E-state index in [2.05, 4.69) is 25.2 Å². The maximum Gasteiger partial charge on any atom is 0.319 e. The van der Waals surface area contributed by atoms with E-state index in [1.165, 1.54) is 0 Å². The summed E-state index contributed by atoms with van der Waals surface area (Å²) in [4.78, 5) is 0. The van der Waals surface area contributed by atoms with Gasteiger partial charge in [0.1, 0.15) is 11.7 Å². The molecule has 1 aliphatic rings. The average Bonchev–Trinajstić information content (AvgIpc) is 2.74. The molecule has 0 saturated carbocycles. The van der Waals surface area contributed by atoms with E-state index in [1.807, 2.05) is 41.1 Å². The predicted molar refractivity (Wildman–Crippen MR) is 67.4 cm³/mol. The lowest BCUT2D eigenvalue weighted by Crippen LogP contribution is -2.38. The zero-order chi connectivity index (χ0) is 11.8. The number of hydrogen-bond donors (Lipinski definition) is 1. The summed E-state index contributed by atoms with van der Waals surface area (Å²) in [5.74, 6) is 1.89. The van der Waals surface area contributed by atoms with Crippen LogP contribution in [0.15, 0.2) is 47.0 Å². The van der Waals surface area contributed by atoms with Crippen molar-refractivity contribution in [2.24, 2.45) is 0 Å². The second kappa shape index (κ2) is 3.77. The molecule has 1 aliphatic heterocycles. The fourth-order valence-corrected chi connectivity index (χ4v) is 2.16. The van der Waals surface area contributed by atoms with E-state index in [0.717, 1.165) is 22.8 Å².